The number of alkyl halides is 3. The van der Waals surface area contributed by atoms with Crippen LogP contribution >= 0.6 is 0 Å². The average molecular weight is 334 g/mol. The summed E-state index contributed by atoms with van der Waals surface area (Å²) in [6, 6.07) is 11.2. The number of rotatable bonds is 2. The molecule has 1 aliphatic heterocycles. The predicted molar refractivity (Wildman–Crippen MR) is 85.5 cm³/mol. The molecule has 3 rings (SSSR count). The summed E-state index contributed by atoms with van der Waals surface area (Å²) in [7, 11) is 0. The van der Waals surface area contributed by atoms with Gasteiger partial charge in [-0.3, -0.25) is 4.79 Å². The minimum absolute atomic E-state index is 0.279. The third-order valence-corrected chi connectivity index (χ3v) is 4.33. The monoisotopic (exact) mass is 334 g/mol. The molecule has 2 atom stereocenters. The summed E-state index contributed by atoms with van der Waals surface area (Å²) < 4.78 is 38.9. The van der Waals surface area contributed by atoms with E-state index >= 15 is 0 Å². The largest absolute Gasteiger partial charge is 0.416 e. The molecular weight excluding hydrogens is 317 g/mol. The van der Waals surface area contributed by atoms with Gasteiger partial charge in [0.2, 0.25) is 5.91 Å². The van der Waals surface area contributed by atoms with Crippen LogP contribution in [0.5, 0.6) is 0 Å². The van der Waals surface area contributed by atoms with E-state index in [1.807, 2.05) is 12.1 Å². The minimum Gasteiger partial charge on any atom is -0.320 e. The molecule has 2 aromatic carbocycles. The minimum atomic E-state index is -4.42. The third-order valence-electron chi connectivity index (χ3n) is 4.33. The van der Waals surface area contributed by atoms with Gasteiger partial charge >= 0.3 is 6.18 Å². The van der Waals surface area contributed by atoms with Crippen LogP contribution in [-0.2, 0) is 17.4 Å². The van der Waals surface area contributed by atoms with Crippen LogP contribution in [-0.4, -0.2) is 11.9 Å². The van der Waals surface area contributed by atoms with Crippen LogP contribution in [0.1, 0.15) is 29.7 Å². The highest BCUT2D eigenvalue weighted by Crippen LogP contribution is 2.36. The Kier molecular flexibility index (Phi) is 4.09. The second-order valence-corrected chi connectivity index (χ2v) is 5.95. The van der Waals surface area contributed by atoms with E-state index in [9.17, 15) is 18.0 Å². The Morgan fingerprint density at radius 2 is 1.88 bits per heavy atom. The second kappa shape index (κ2) is 5.94. The fraction of sp³-hybridized carbons (Fsp3) is 0.278. The van der Waals surface area contributed by atoms with Gasteiger partial charge in [0.15, 0.2) is 0 Å². The zero-order valence-electron chi connectivity index (χ0n) is 13.0. The van der Waals surface area contributed by atoms with Crippen molar-refractivity contribution in [3.63, 3.8) is 0 Å². The Hall–Kier alpha value is -2.34. The number of anilines is 1. The van der Waals surface area contributed by atoms with E-state index in [4.69, 9.17) is 5.73 Å². The number of nitrogens with zero attached hydrogens (tertiary/aromatic N) is 1. The first kappa shape index (κ1) is 16.5. The maximum absolute atomic E-state index is 13.0. The fourth-order valence-electron chi connectivity index (χ4n) is 3.06. The van der Waals surface area contributed by atoms with Gasteiger partial charge < -0.3 is 10.6 Å². The first-order valence-corrected chi connectivity index (χ1v) is 7.63. The molecule has 0 unspecified atom stereocenters. The summed E-state index contributed by atoms with van der Waals surface area (Å²) in [5.74, 6) is -0.279. The lowest BCUT2D eigenvalue weighted by molar-refractivity contribution is -0.137. The smallest absolute Gasteiger partial charge is 0.320 e. The highest BCUT2D eigenvalue weighted by molar-refractivity contribution is 6.00. The molecule has 1 amide bonds. The number of hydrogen-bond acceptors (Lipinski definition) is 2. The molecule has 2 aromatic rings. The van der Waals surface area contributed by atoms with Crippen LogP contribution in [0.3, 0.4) is 0 Å². The van der Waals surface area contributed by atoms with Crippen LogP contribution in [0.15, 0.2) is 48.5 Å². The summed E-state index contributed by atoms with van der Waals surface area (Å²) in [5.41, 5.74) is 7.24. The van der Waals surface area contributed by atoms with Crippen LogP contribution < -0.4 is 10.6 Å². The molecule has 0 spiro atoms. The number of para-hydroxylation sites is 1. The zero-order valence-corrected chi connectivity index (χ0v) is 13.0. The van der Waals surface area contributed by atoms with Crippen LogP contribution in [0.4, 0.5) is 18.9 Å². The van der Waals surface area contributed by atoms with Crippen molar-refractivity contribution >= 4 is 11.6 Å². The van der Waals surface area contributed by atoms with Crippen molar-refractivity contribution in [2.24, 2.45) is 5.73 Å². The molecule has 24 heavy (non-hydrogen) atoms. The maximum atomic E-state index is 13.0. The quantitative estimate of drug-likeness (QED) is 0.910. The van der Waals surface area contributed by atoms with Gasteiger partial charge in [-0.1, -0.05) is 30.3 Å². The Bertz CT molecular complexity index is 773. The Morgan fingerprint density at radius 3 is 2.58 bits per heavy atom. The number of nitrogens with two attached hydrogens (primary N) is 1. The number of hydrogen-bond donors (Lipinski definition) is 1. The molecule has 6 heteroatoms. The molecule has 1 aliphatic rings. The van der Waals surface area contributed by atoms with E-state index in [2.05, 4.69) is 0 Å². The van der Waals surface area contributed by atoms with Crippen LogP contribution in [0.25, 0.3) is 0 Å². The first-order valence-electron chi connectivity index (χ1n) is 7.63. The molecule has 0 aliphatic carbocycles. The maximum Gasteiger partial charge on any atom is 0.416 e. The number of carbonyl (C=O) groups excluding carboxylic acids is 1. The molecule has 2 N–H and O–H groups in total. The van der Waals surface area contributed by atoms with E-state index in [0.29, 0.717) is 17.7 Å². The average Bonchev–Trinajstić information content (AvgIpc) is 2.55. The van der Waals surface area contributed by atoms with Gasteiger partial charge in [-0.25, -0.2) is 0 Å². The highest BCUT2D eigenvalue weighted by Gasteiger charge is 2.35. The third kappa shape index (κ3) is 2.89. The van der Waals surface area contributed by atoms with Crippen molar-refractivity contribution in [2.45, 2.75) is 31.6 Å². The van der Waals surface area contributed by atoms with Gasteiger partial charge in [-0.05, 0) is 42.7 Å². The summed E-state index contributed by atoms with van der Waals surface area (Å²) >= 11 is 0. The van der Waals surface area contributed by atoms with Gasteiger partial charge in [0, 0.05) is 5.69 Å². The van der Waals surface area contributed by atoms with Crippen molar-refractivity contribution in [1.29, 1.82) is 0 Å². The number of amides is 1. The molecule has 0 radical (unpaired) electrons. The van der Waals surface area contributed by atoms with Gasteiger partial charge in [-0.15, -0.1) is 0 Å². The Labute approximate surface area is 137 Å². The summed E-state index contributed by atoms with van der Waals surface area (Å²) in [6.45, 7) is 1.71. The second-order valence-electron chi connectivity index (χ2n) is 5.95. The SMILES string of the molecule is C[C@@H](c1cccc(C(F)(F)F)c1)N1C(=O)[C@H](N)Cc2ccccc21. The van der Waals surface area contributed by atoms with Crippen LogP contribution in [0.2, 0.25) is 0 Å². The van der Waals surface area contributed by atoms with E-state index in [-0.39, 0.29) is 5.91 Å². The predicted octanol–water partition coefficient (Wildman–Crippen LogP) is 3.68. The van der Waals surface area contributed by atoms with Crippen molar-refractivity contribution < 1.29 is 18.0 Å². The molecule has 1 heterocycles. The number of benzene rings is 2. The zero-order chi connectivity index (χ0) is 17.5. The van der Waals surface area contributed by atoms with Crippen molar-refractivity contribution in [1.82, 2.24) is 0 Å². The lowest BCUT2D eigenvalue weighted by Crippen LogP contribution is -2.49. The molecule has 0 saturated heterocycles. The molecule has 0 fully saturated rings. The summed E-state index contributed by atoms with van der Waals surface area (Å²) in [4.78, 5) is 14.1. The van der Waals surface area contributed by atoms with Gasteiger partial charge in [-0.2, -0.15) is 13.2 Å². The van der Waals surface area contributed by atoms with E-state index in [1.54, 1.807) is 25.1 Å². The van der Waals surface area contributed by atoms with E-state index in [1.165, 1.54) is 11.0 Å². The Balaban J connectivity index is 2.03. The number of carbonyl (C=O) groups is 1. The molecule has 126 valence electrons. The first-order chi connectivity index (χ1) is 11.3. The highest BCUT2D eigenvalue weighted by atomic mass is 19.4. The molecule has 3 nitrogen and oxygen atoms in total. The van der Waals surface area contributed by atoms with Gasteiger partial charge in [0.05, 0.1) is 17.6 Å². The van der Waals surface area contributed by atoms with Gasteiger partial charge in [0.1, 0.15) is 0 Å². The Morgan fingerprint density at radius 1 is 1.17 bits per heavy atom. The topological polar surface area (TPSA) is 46.3 Å². The molecule has 0 saturated carbocycles. The van der Waals surface area contributed by atoms with E-state index in [0.717, 1.165) is 17.7 Å². The number of fused-ring (bicyclic) bond motifs is 1. The normalized spacial score (nSPS) is 19.1. The van der Waals surface area contributed by atoms with Crippen molar-refractivity contribution in [2.75, 3.05) is 4.90 Å². The molecule has 0 bridgehead atoms. The standard InChI is InChI=1S/C18H17F3N2O/c1-11(12-6-4-7-14(9-12)18(19,20)21)23-16-8-3-2-5-13(16)10-15(22)17(23)24/h2-9,11,15H,10,22H2,1H3/t11-,15+/m0/s1. The lowest BCUT2D eigenvalue weighted by Gasteiger charge is -2.37. The summed E-state index contributed by atoms with van der Waals surface area (Å²) in [6.07, 6.45) is -3.99. The molecule has 0 aromatic heterocycles. The fourth-order valence-corrected chi connectivity index (χ4v) is 3.06. The van der Waals surface area contributed by atoms with Crippen molar-refractivity contribution in [3.05, 3.63) is 65.2 Å². The van der Waals surface area contributed by atoms with Gasteiger partial charge in [0.25, 0.3) is 0 Å². The summed E-state index contributed by atoms with van der Waals surface area (Å²) in [5, 5.41) is 0. The lowest BCUT2D eigenvalue weighted by atomic mass is 9.94. The number of halogens is 3. The van der Waals surface area contributed by atoms with Crippen LogP contribution in [0, 0.1) is 0 Å². The van der Waals surface area contributed by atoms with E-state index < -0.39 is 23.8 Å². The van der Waals surface area contributed by atoms with Crippen molar-refractivity contribution in [3.8, 4) is 0 Å². The molecular formula is C18H17F3N2O.